The number of hydrogen-bond acceptors (Lipinski definition) is 5. The maximum atomic E-state index is 12.8. The molecule has 4 rings (SSSR count). The van der Waals surface area contributed by atoms with E-state index in [2.05, 4.69) is 15.1 Å². The van der Waals surface area contributed by atoms with Gasteiger partial charge in [0, 0.05) is 31.8 Å². The lowest BCUT2D eigenvalue weighted by molar-refractivity contribution is -0.141. The molecule has 0 N–H and O–H groups in total. The standard InChI is InChI=1S/C19H22F3N5O/c20-19(21,22)16-10-17(24-12-23-16)26-7-5-13(6-8-26)11-27-18(28)9-14-3-1-2-4-15(14)25-27/h9-10,12-13H,1-8,11H2. The number of hydrogen-bond donors (Lipinski definition) is 0. The van der Waals surface area contributed by atoms with Gasteiger partial charge in [-0.3, -0.25) is 4.79 Å². The first kappa shape index (κ1) is 18.9. The Kier molecular flexibility index (Phi) is 5.07. The number of alkyl halides is 3. The van der Waals surface area contributed by atoms with E-state index in [1.807, 2.05) is 4.90 Å². The van der Waals surface area contributed by atoms with Gasteiger partial charge in [0.25, 0.3) is 5.56 Å². The second kappa shape index (κ2) is 7.52. The first-order chi connectivity index (χ1) is 13.4. The summed E-state index contributed by atoms with van der Waals surface area (Å²) in [7, 11) is 0. The van der Waals surface area contributed by atoms with Crippen LogP contribution in [0.25, 0.3) is 0 Å². The summed E-state index contributed by atoms with van der Waals surface area (Å²) in [4.78, 5) is 21.5. The van der Waals surface area contributed by atoms with Gasteiger partial charge in [0.2, 0.25) is 0 Å². The van der Waals surface area contributed by atoms with E-state index in [-0.39, 0.29) is 11.5 Å². The number of piperidine rings is 1. The Morgan fingerprint density at radius 1 is 1.07 bits per heavy atom. The zero-order valence-corrected chi connectivity index (χ0v) is 15.5. The molecular weight excluding hydrogens is 371 g/mol. The summed E-state index contributed by atoms with van der Waals surface area (Å²) in [5.41, 5.74) is 1.12. The molecule has 0 spiro atoms. The summed E-state index contributed by atoms with van der Waals surface area (Å²) in [6, 6.07) is 2.71. The minimum atomic E-state index is -4.48. The highest BCUT2D eigenvalue weighted by Crippen LogP contribution is 2.30. The maximum Gasteiger partial charge on any atom is 0.433 e. The van der Waals surface area contributed by atoms with E-state index in [0.717, 1.165) is 62.2 Å². The van der Waals surface area contributed by atoms with Crippen molar-refractivity contribution in [3.05, 3.63) is 45.8 Å². The van der Waals surface area contributed by atoms with Crippen molar-refractivity contribution in [2.45, 2.75) is 51.2 Å². The van der Waals surface area contributed by atoms with Gasteiger partial charge in [-0.05, 0) is 50.0 Å². The monoisotopic (exact) mass is 393 g/mol. The van der Waals surface area contributed by atoms with Gasteiger partial charge in [0.1, 0.15) is 17.8 Å². The number of aromatic nitrogens is 4. The highest BCUT2D eigenvalue weighted by molar-refractivity contribution is 5.39. The van der Waals surface area contributed by atoms with Gasteiger partial charge < -0.3 is 4.90 Å². The van der Waals surface area contributed by atoms with Crippen molar-refractivity contribution < 1.29 is 13.2 Å². The molecule has 0 amide bonds. The summed E-state index contributed by atoms with van der Waals surface area (Å²) in [6.45, 7) is 1.74. The van der Waals surface area contributed by atoms with E-state index in [9.17, 15) is 18.0 Å². The lowest BCUT2D eigenvalue weighted by atomic mass is 9.96. The number of aryl methyl sites for hydroxylation is 2. The molecule has 6 nitrogen and oxygen atoms in total. The maximum absolute atomic E-state index is 12.8. The van der Waals surface area contributed by atoms with Crippen LogP contribution in [0.2, 0.25) is 0 Å². The molecule has 2 aromatic rings. The quantitative estimate of drug-likeness (QED) is 0.803. The van der Waals surface area contributed by atoms with Crippen molar-refractivity contribution in [1.82, 2.24) is 19.7 Å². The number of rotatable bonds is 3. The third-order valence-corrected chi connectivity index (χ3v) is 5.59. The van der Waals surface area contributed by atoms with E-state index in [1.165, 1.54) is 0 Å². The smallest absolute Gasteiger partial charge is 0.356 e. The van der Waals surface area contributed by atoms with E-state index in [0.29, 0.717) is 25.5 Å². The third kappa shape index (κ3) is 4.02. The average molecular weight is 393 g/mol. The SMILES string of the molecule is O=c1cc2c(nn1CC1CCN(c3cc(C(F)(F)F)ncn3)CC1)CCCC2. The van der Waals surface area contributed by atoms with Gasteiger partial charge >= 0.3 is 6.18 Å². The first-order valence-corrected chi connectivity index (χ1v) is 9.64. The largest absolute Gasteiger partial charge is 0.433 e. The Hall–Kier alpha value is -2.45. The molecule has 0 bridgehead atoms. The van der Waals surface area contributed by atoms with Crippen molar-refractivity contribution in [2.24, 2.45) is 5.92 Å². The van der Waals surface area contributed by atoms with Gasteiger partial charge in [-0.25, -0.2) is 14.6 Å². The molecular formula is C19H22F3N5O. The zero-order chi connectivity index (χ0) is 19.7. The Bertz CT molecular complexity index is 903. The van der Waals surface area contributed by atoms with Crippen molar-refractivity contribution in [1.29, 1.82) is 0 Å². The van der Waals surface area contributed by atoms with E-state index >= 15 is 0 Å². The zero-order valence-electron chi connectivity index (χ0n) is 15.5. The van der Waals surface area contributed by atoms with Crippen LogP contribution in [0.4, 0.5) is 19.0 Å². The molecule has 0 saturated carbocycles. The van der Waals surface area contributed by atoms with Crippen molar-refractivity contribution >= 4 is 5.82 Å². The lowest BCUT2D eigenvalue weighted by Crippen LogP contribution is -2.37. The predicted octanol–water partition coefficient (Wildman–Crippen LogP) is 2.85. The molecule has 1 saturated heterocycles. The normalized spacial score (nSPS) is 18.2. The molecule has 150 valence electrons. The van der Waals surface area contributed by atoms with Crippen LogP contribution in [-0.2, 0) is 25.6 Å². The molecule has 2 aliphatic rings. The number of halogens is 3. The van der Waals surface area contributed by atoms with Crippen LogP contribution >= 0.6 is 0 Å². The van der Waals surface area contributed by atoms with Crippen LogP contribution in [0.1, 0.15) is 42.6 Å². The van der Waals surface area contributed by atoms with E-state index in [1.54, 1.807) is 10.7 Å². The Morgan fingerprint density at radius 3 is 2.57 bits per heavy atom. The Labute approximate surface area is 160 Å². The van der Waals surface area contributed by atoms with Crippen LogP contribution in [0.15, 0.2) is 23.3 Å². The molecule has 0 aromatic carbocycles. The van der Waals surface area contributed by atoms with Gasteiger partial charge in [-0.1, -0.05) is 0 Å². The summed E-state index contributed by atoms with van der Waals surface area (Å²) < 4.78 is 40.1. The van der Waals surface area contributed by atoms with Gasteiger partial charge in [0.05, 0.1) is 5.69 Å². The molecule has 3 heterocycles. The predicted molar refractivity (Wildman–Crippen MR) is 97.1 cm³/mol. The second-order valence-corrected chi connectivity index (χ2v) is 7.53. The molecule has 0 atom stereocenters. The highest BCUT2D eigenvalue weighted by atomic mass is 19.4. The van der Waals surface area contributed by atoms with Crippen LogP contribution in [-0.4, -0.2) is 32.8 Å². The van der Waals surface area contributed by atoms with Gasteiger partial charge in [-0.2, -0.15) is 18.3 Å². The highest BCUT2D eigenvalue weighted by Gasteiger charge is 2.33. The molecule has 0 radical (unpaired) electrons. The molecule has 2 aromatic heterocycles. The Morgan fingerprint density at radius 2 is 1.82 bits per heavy atom. The van der Waals surface area contributed by atoms with Crippen molar-refractivity contribution in [3.8, 4) is 0 Å². The molecule has 28 heavy (non-hydrogen) atoms. The average Bonchev–Trinajstić information content (AvgIpc) is 2.69. The van der Waals surface area contributed by atoms with Crippen LogP contribution in [0, 0.1) is 5.92 Å². The number of anilines is 1. The molecule has 1 aliphatic heterocycles. The van der Waals surface area contributed by atoms with Crippen molar-refractivity contribution in [2.75, 3.05) is 18.0 Å². The molecule has 1 fully saturated rings. The summed E-state index contributed by atoms with van der Waals surface area (Å²) in [6.07, 6.45) is 2.09. The fourth-order valence-corrected chi connectivity index (χ4v) is 4.00. The van der Waals surface area contributed by atoms with Gasteiger partial charge in [0.15, 0.2) is 0 Å². The summed E-state index contributed by atoms with van der Waals surface area (Å²) in [5.74, 6) is 0.567. The second-order valence-electron chi connectivity index (χ2n) is 7.53. The first-order valence-electron chi connectivity index (χ1n) is 9.64. The number of fused-ring (bicyclic) bond motifs is 1. The van der Waals surface area contributed by atoms with Crippen LogP contribution in [0.3, 0.4) is 0 Å². The third-order valence-electron chi connectivity index (χ3n) is 5.59. The van der Waals surface area contributed by atoms with Crippen LogP contribution in [0.5, 0.6) is 0 Å². The Balaban J connectivity index is 1.41. The molecule has 0 unspecified atom stereocenters. The fraction of sp³-hybridized carbons (Fsp3) is 0.579. The van der Waals surface area contributed by atoms with Crippen LogP contribution < -0.4 is 10.5 Å². The topological polar surface area (TPSA) is 63.9 Å². The minimum absolute atomic E-state index is 0.0614. The lowest BCUT2D eigenvalue weighted by Gasteiger charge is -2.33. The molecule has 1 aliphatic carbocycles. The van der Waals surface area contributed by atoms with Gasteiger partial charge in [-0.15, -0.1) is 0 Å². The van der Waals surface area contributed by atoms with E-state index in [4.69, 9.17) is 0 Å². The summed E-state index contributed by atoms with van der Waals surface area (Å²) >= 11 is 0. The molecule has 9 heteroatoms. The fourth-order valence-electron chi connectivity index (χ4n) is 4.00. The minimum Gasteiger partial charge on any atom is -0.356 e. The summed E-state index contributed by atoms with van der Waals surface area (Å²) in [5, 5.41) is 4.57. The number of nitrogens with zero attached hydrogens (tertiary/aromatic N) is 5. The van der Waals surface area contributed by atoms with Crippen molar-refractivity contribution in [3.63, 3.8) is 0 Å². The van der Waals surface area contributed by atoms with E-state index < -0.39 is 11.9 Å².